The van der Waals surface area contributed by atoms with Crippen molar-refractivity contribution in [2.24, 2.45) is 29.4 Å². The first-order valence-corrected chi connectivity index (χ1v) is 18.3. The van der Waals surface area contributed by atoms with Crippen LogP contribution in [0.4, 0.5) is 0 Å². The fourth-order valence-electron chi connectivity index (χ4n) is 3.33. The molecule has 7 nitrogen and oxygen atoms in total. The lowest BCUT2D eigenvalue weighted by Crippen LogP contribution is -2.23. The summed E-state index contributed by atoms with van der Waals surface area (Å²) in [6, 6.07) is 1.76. The van der Waals surface area contributed by atoms with Crippen LogP contribution in [-0.4, -0.2) is 58.2 Å². The summed E-state index contributed by atoms with van der Waals surface area (Å²) in [7, 11) is 0. The number of carbonyl (C=O) groups excluding carboxylic acids is 1. The van der Waals surface area contributed by atoms with Crippen LogP contribution in [0.3, 0.4) is 0 Å². The van der Waals surface area contributed by atoms with Crippen LogP contribution in [0.25, 0.3) is 0 Å². The molecule has 0 saturated carbocycles. The zero-order chi connectivity index (χ0) is 36.5. The van der Waals surface area contributed by atoms with Crippen molar-refractivity contribution in [2.45, 2.75) is 213 Å². The van der Waals surface area contributed by atoms with Gasteiger partial charge in [0.05, 0.1) is 24.9 Å². The van der Waals surface area contributed by atoms with Crippen molar-refractivity contribution < 1.29 is 25.2 Å². The van der Waals surface area contributed by atoms with Crippen LogP contribution >= 0.6 is 0 Å². The second-order valence-corrected chi connectivity index (χ2v) is 12.7. The number of rotatable bonds is 20. The van der Waals surface area contributed by atoms with Crippen LogP contribution in [0, 0.1) is 35.0 Å². The Balaban J connectivity index is -0.0000000653. The first kappa shape index (κ1) is 64.5. The van der Waals surface area contributed by atoms with E-state index in [1.54, 1.807) is 6.07 Å². The molecule has 0 aromatic carbocycles. The zero-order valence-corrected chi connectivity index (χ0v) is 32.4. The molecule has 0 saturated heterocycles. The molecule has 0 radical (unpaired) electrons. The summed E-state index contributed by atoms with van der Waals surface area (Å²) in [6.45, 7) is 24.6. The first-order chi connectivity index (χ1) is 21.2. The van der Waals surface area contributed by atoms with Gasteiger partial charge < -0.3 is 31.0 Å². The highest BCUT2D eigenvalue weighted by Crippen LogP contribution is 2.12. The molecular weight excluding hydrogens is 588 g/mol. The molecule has 7 atom stereocenters. The number of unbranched alkanes of at least 4 members (excludes halogenated alkanes) is 5. The van der Waals surface area contributed by atoms with Crippen molar-refractivity contribution in [2.75, 3.05) is 13.2 Å². The summed E-state index contributed by atoms with van der Waals surface area (Å²) in [5, 5.41) is 42.4. The van der Waals surface area contributed by atoms with Gasteiger partial charge in [-0.1, -0.05) is 141 Å². The maximum Gasteiger partial charge on any atom is 0.122 e. The van der Waals surface area contributed by atoms with Crippen LogP contribution in [0.1, 0.15) is 194 Å². The molecule has 0 aliphatic carbocycles. The molecule has 6 N–H and O–H groups in total. The molecule has 0 aliphatic heterocycles. The highest BCUT2D eigenvalue weighted by molar-refractivity contribution is 5.52. The summed E-state index contributed by atoms with van der Waals surface area (Å²) in [5.74, 6) is 1.74. The Morgan fingerprint density at radius 1 is 0.617 bits per heavy atom. The Labute approximate surface area is 297 Å². The molecule has 0 spiro atoms. The maximum absolute atomic E-state index is 10.0. The Morgan fingerprint density at radius 3 is 1.17 bits per heavy atom. The molecule has 0 aromatic rings. The van der Waals surface area contributed by atoms with Gasteiger partial charge in [0.2, 0.25) is 0 Å². The molecule has 47 heavy (non-hydrogen) atoms. The third-order valence-electron chi connectivity index (χ3n) is 7.44. The molecule has 0 amide bonds. The van der Waals surface area contributed by atoms with E-state index in [1.807, 2.05) is 20.8 Å². The van der Waals surface area contributed by atoms with Crippen LogP contribution in [-0.2, 0) is 4.79 Å². The lowest BCUT2D eigenvalue weighted by molar-refractivity contribution is -0.110. The Kier molecular flexibility index (Phi) is 78.5. The highest BCUT2D eigenvalue weighted by Gasteiger charge is 2.07. The van der Waals surface area contributed by atoms with E-state index in [0.717, 1.165) is 44.8 Å². The number of aliphatic hydroxyl groups is 4. The largest absolute Gasteiger partial charge is 0.396 e. The second kappa shape index (κ2) is 57.2. The molecule has 0 aromatic heterocycles. The number of nitrogens with two attached hydrogens (primary N) is 1. The molecule has 0 unspecified atom stereocenters. The van der Waals surface area contributed by atoms with E-state index >= 15 is 0 Å². The molecule has 0 fully saturated rings. The SMILES string of the molecule is C.C.CC#N.CCCC[C@@H](C)C=O.CCCC[C@@H](C)CO.CCCC[C@@H](C)[C@@H](C)O.CCCC[C@@H](C)[C@H](C)O.CCCC[C@@H](N)CO. The lowest BCUT2D eigenvalue weighted by atomic mass is 10.00. The van der Waals surface area contributed by atoms with Crippen molar-refractivity contribution in [3.8, 4) is 6.07 Å². The van der Waals surface area contributed by atoms with E-state index in [4.69, 9.17) is 31.4 Å². The number of aliphatic hydroxyl groups excluding tert-OH is 4. The zero-order valence-electron chi connectivity index (χ0n) is 32.4. The minimum atomic E-state index is -0.128. The van der Waals surface area contributed by atoms with Gasteiger partial charge in [0, 0.05) is 25.5 Å². The third-order valence-corrected chi connectivity index (χ3v) is 7.44. The van der Waals surface area contributed by atoms with Gasteiger partial charge in [0.1, 0.15) is 6.29 Å². The highest BCUT2D eigenvalue weighted by atomic mass is 16.3. The summed E-state index contributed by atoms with van der Waals surface area (Å²) >= 11 is 0. The standard InChI is InChI=1S/2C8H18O.C7H16O.C7H14O.C6H15NO.C2H3N.2CH4/c2*1-4-5-6-7(2)8(3)9;2*1-3-4-5-7(2)6-8;1-2-3-4-6(7)5-8;1-2-3;;/h2*7-9H,4-6H2,1-3H3;7-8H,3-6H2,1-2H3;6-7H,3-5H2,1-2H3;6,8H,2-5,7H2,1H3;1H3;2*1H4/t7-,8+;7-,8-;2*7-;6-;;;/m11111.../s1. The van der Waals surface area contributed by atoms with Gasteiger partial charge in [-0.05, 0) is 63.7 Å². The van der Waals surface area contributed by atoms with Crippen LogP contribution in [0.2, 0.25) is 0 Å². The Hall–Kier alpha value is -1.04. The van der Waals surface area contributed by atoms with Crippen LogP contribution in [0.5, 0.6) is 0 Å². The van der Waals surface area contributed by atoms with E-state index in [2.05, 4.69) is 55.4 Å². The average Bonchev–Trinajstić information content (AvgIpc) is 3.03. The maximum atomic E-state index is 10.0. The van der Waals surface area contributed by atoms with Crippen molar-refractivity contribution in [1.29, 1.82) is 5.26 Å². The fourth-order valence-corrected chi connectivity index (χ4v) is 3.33. The number of carbonyl (C=O) groups is 1. The second-order valence-electron chi connectivity index (χ2n) is 12.7. The average molecular weight is 681 g/mol. The number of hydrogen-bond donors (Lipinski definition) is 5. The molecule has 292 valence electrons. The molecule has 0 rings (SSSR count). The first-order valence-electron chi connectivity index (χ1n) is 18.3. The molecular formula is C40H92N2O5. The van der Waals surface area contributed by atoms with Crippen LogP contribution < -0.4 is 5.73 Å². The van der Waals surface area contributed by atoms with Gasteiger partial charge in [-0.2, -0.15) is 5.26 Å². The number of nitrogens with zero attached hydrogens (tertiary/aromatic N) is 1. The smallest absolute Gasteiger partial charge is 0.122 e. The van der Waals surface area contributed by atoms with Gasteiger partial charge in [0.15, 0.2) is 0 Å². The molecule has 0 aliphatic rings. The van der Waals surface area contributed by atoms with Gasteiger partial charge in [-0.15, -0.1) is 0 Å². The Bertz CT molecular complexity index is 509. The van der Waals surface area contributed by atoms with E-state index < -0.39 is 0 Å². The number of aldehydes is 1. The fraction of sp³-hybridized carbons (Fsp3) is 0.950. The third kappa shape index (κ3) is 76.4. The molecule has 0 bridgehead atoms. The van der Waals surface area contributed by atoms with E-state index in [9.17, 15) is 4.79 Å². The topological polar surface area (TPSA) is 148 Å². The molecule has 0 heterocycles. The van der Waals surface area contributed by atoms with Gasteiger partial charge in [-0.25, -0.2) is 0 Å². The van der Waals surface area contributed by atoms with E-state index in [0.29, 0.717) is 24.4 Å². The normalized spacial score (nSPS) is 13.8. The van der Waals surface area contributed by atoms with Crippen molar-refractivity contribution in [3.63, 3.8) is 0 Å². The minimum absolute atomic E-state index is 0. The van der Waals surface area contributed by atoms with Gasteiger partial charge in [0.25, 0.3) is 0 Å². The lowest BCUT2D eigenvalue weighted by Gasteiger charge is -2.12. The van der Waals surface area contributed by atoms with Crippen LogP contribution in [0.15, 0.2) is 0 Å². The monoisotopic (exact) mass is 681 g/mol. The van der Waals surface area contributed by atoms with Gasteiger partial charge in [-0.3, -0.25) is 0 Å². The summed E-state index contributed by atoms with van der Waals surface area (Å²) in [4.78, 5) is 10.0. The van der Waals surface area contributed by atoms with Crippen molar-refractivity contribution in [1.82, 2.24) is 0 Å². The van der Waals surface area contributed by atoms with Crippen molar-refractivity contribution >= 4 is 6.29 Å². The number of hydrogen-bond acceptors (Lipinski definition) is 7. The van der Waals surface area contributed by atoms with E-state index in [1.165, 1.54) is 64.7 Å². The Morgan fingerprint density at radius 2 is 0.915 bits per heavy atom. The predicted octanol–water partition coefficient (Wildman–Crippen LogP) is 10.5. The quantitative estimate of drug-likeness (QED) is 0.0803. The molecule has 7 heteroatoms. The van der Waals surface area contributed by atoms with Crippen molar-refractivity contribution in [3.05, 3.63) is 0 Å². The number of nitriles is 1. The summed E-state index contributed by atoms with van der Waals surface area (Å²) < 4.78 is 0. The summed E-state index contributed by atoms with van der Waals surface area (Å²) in [6.07, 6.45) is 18.4. The minimum Gasteiger partial charge on any atom is -0.396 e. The summed E-state index contributed by atoms with van der Waals surface area (Å²) in [5.41, 5.74) is 5.41. The van der Waals surface area contributed by atoms with E-state index in [-0.39, 0.29) is 45.6 Å². The van der Waals surface area contributed by atoms with Gasteiger partial charge >= 0.3 is 0 Å². The predicted molar refractivity (Wildman–Crippen MR) is 211 cm³/mol.